The zero-order valence-corrected chi connectivity index (χ0v) is 12.9. The first-order chi connectivity index (χ1) is 9.49. The number of para-hydroxylation sites is 1. The highest BCUT2D eigenvalue weighted by Crippen LogP contribution is 2.24. The Balaban J connectivity index is 2.81. The summed E-state index contributed by atoms with van der Waals surface area (Å²) in [6.45, 7) is 5.82. The van der Waals surface area contributed by atoms with Crippen molar-refractivity contribution in [3.05, 3.63) is 29.3 Å². The zero-order chi connectivity index (χ0) is 15.1. The molecule has 1 amide bonds. The van der Waals surface area contributed by atoms with Gasteiger partial charge in [0.25, 0.3) is 0 Å². The quantitative estimate of drug-likeness (QED) is 0.811. The van der Waals surface area contributed by atoms with E-state index in [1.165, 1.54) is 0 Å². The molecule has 0 saturated heterocycles. The van der Waals surface area contributed by atoms with E-state index in [0.717, 1.165) is 41.4 Å². The zero-order valence-electron chi connectivity index (χ0n) is 12.1. The average molecular weight is 295 g/mol. The van der Waals surface area contributed by atoms with Gasteiger partial charge in [0.15, 0.2) is 0 Å². The van der Waals surface area contributed by atoms with E-state index in [2.05, 4.69) is 5.32 Å². The topological polar surface area (TPSA) is 66.4 Å². The number of amides is 1. The van der Waals surface area contributed by atoms with Crippen LogP contribution in [0.15, 0.2) is 18.2 Å². The van der Waals surface area contributed by atoms with E-state index >= 15 is 0 Å². The number of rotatable bonds is 7. The first-order valence-electron chi connectivity index (χ1n) is 6.74. The molecule has 0 aliphatic carbocycles. The standard InChI is InChI=1S/C15H21NO3S/c1-4-11-7-6-8-12(5-2)14(11)16-15(19)10(3)20-9-13(17)18/h6-8,10H,4-5,9H2,1-3H3,(H,16,19)(H,17,18). The number of hydrogen-bond acceptors (Lipinski definition) is 3. The lowest BCUT2D eigenvalue weighted by atomic mass is 10.0. The van der Waals surface area contributed by atoms with Gasteiger partial charge in [0.2, 0.25) is 5.91 Å². The number of carboxylic acid groups (broad SMARTS) is 1. The number of carbonyl (C=O) groups is 2. The Kier molecular flexibility index (Phi) is 6.58. The maximum Gasteiger partial charge on any atom is 0.313 e. The summed E-state index contributed by atoms with van der Waals surface area (Å²) in [7, 11) is 0. The van der Waals surface area contributed by atoms with Crippen LogP contribution >= 0.6 is 11.8 Å². The predicted molar refractivity (Wildman–Crippen MR) is 83.4 cm³/mol. The number of hydrogen-bond donors (Lipinski definition) is 2. The van der Waals surface area contributed by atoms with Gasteiger partial charge in [-0.1, -0.05) is 32.0 Å². The van der Waals surface area contributed by atoms with Gasteiger partial charge in [-0.2, -0.15) is 0 Å². The van der Waals surface area contributed by atoms with Crippen molar-refractivity contribution in [2.24, 2.45) is 0 Å². The molecule has 2 N–H and O–H groups in total. The van der Waals surface area contributed by atoms with Crippen LogP contribution in [0, 0.1) is 0 Å². The molecule has 1 atom stereocenters. The Morgan fingerprint density at radius 2 is 1.80 bits per heavy atom. The van der Waals surface area contributed by atoms with E-state index in [4.69, 9.17) is 5.11 Å². The van der Waals surface area contributed by atoms with Crippen molar-refractivity contribution in [1.29, 1.82) is 0 Å². The van der Waals surface area contributed by atoms with Crippen molar-refractivity contribution in [3.63, 3.8) is 0 Å². The maximum atomic E-state index is 12.1. The molecule has 0 fully saturated rings. The lowest BCUT2D eigenvalue weighted by Gasteiger charge is -2.16. The average Bonchev–Trinajstić information content (AvgIpc) is 2.44. The molecule has 4 nitrogen and oxygen atoms in total. The summed E-state index contributed by atoms with van der Waals surface area (Å²) < 4.78 is 0. The van der Waals surface area contributed by atoms with Crippen LogP contribution in [0.25, 0.3) is 0 Å². The molecule has 0 aromatic heterocycles. The molecule has 0 spiro atoms. The number of carbonyl (C=O) groups excluding carboxylic acids is 1. The molecule has 0 aliphatic heterocycles. The molecule has 0 radical (unpaired) electrons. The molecule has 1 aromatic rings. The largest absolute Gasteiger partial charge is 0.481 e. The third-order valence-electron chi connectivity index (χ3n) is 3.07. The second-order valence-electron chi connectivity index (χ2n) is 4.49. The molecule has 0 heterocycles. The van der Waals surface area contributed by atoms with Crippen LogP contribution in [0.2, 0.25) is 0 Å². The minimum absolute atomic E-state index is 0.0648. The summed E-state index contributed by atoms with van der Waals surface area (Å²) in [4.78, 5) is 22.7. The van der Waals surface area contributed by atoms with E-state index in [0.29, 0.717) is 0 Å². The third-order valence-corrected chi connectivity index (χ3v) is 4.20. The number of aryl methyl sites for hydroxylation is 2. The number of nitrogens with one attached hydrogen (secondary N) is 1. The number of carboxylic acids is 1. The Labute approximate surface area is 124 Å². The van der Waals surface area contributed by atoms with Crippen LogP contribution in [0.1, 0.15) is 31.9 Å². The minimum Gasteiger partial charge on any atom is -0.481 e. The van der Waals surface area contributed by atoms with E-state index in [-0.39, 0.29) is 16.9 Å². The number of thioether (sulfide) groups is 1. The van der Waals surface area contributed by atoms with E-state index in [9.17, 15) is 9.59 Å². The lowest BCUT2D eigenvalue weighted by Crippen LogP contribution is -2.25. The van der Waals surface area contributed by atoms with Gasteiger partial charge >= 0.3 is 5.97 Å². The smallest absolute Gasteiger partial charge is 0.313 e. The Morgan fingerprint density at radius 3 is 2.25 bits per heavy atom. The summed E-state index contributed by atoms with van der Waals surface area (Å²) >= 11 is 1.13. The number of aliphatic carboxylic acids is 1. The highest BCUT2D eigenvalue weighted by atomic mass is 32.2. The number of anilines is 1. The molecule has 5 heteroatoms. The van der Waals surface area contributed by atoms with Crippen molar-refractivity contribution in [2.45, 2.75) is 38.9 Å². The first kappa shape index (κ1) is 16.6. The summed E-state index contributed by atoms with van der Waals surface area (Å²) in [5.74, 6) is -1.12. The van der Waals surface area contributed by atoms with E-state index in [1.807, 2.05) is 32.0 Å². The normalized spacial score (nSPS) is 11.9. The van der Waals surface area contributed by atoms with Crippen molar-refractivity contribution >= 4 is 29.3 Å². The molecular weight excluding hydrogens is 274 g/mol. The lowest BCUT2D eigenvalue weighted by molar-refractivity contribution is -0.133. The highest BCUT2D eigenvalue weighted by Gasteiger charge is 2.17. The summed E-state index contributed by atoms with van der Waals surface area (Å²) in [5, 5.41) is 11.2. The Morgan fingerprint density at radius 1 is 1.25 bits per heavy atom. The number of benzene rings is 1. The molecule has 1 rings (SSSR count). The van der Waals surface area contributed by atoms with Crippen LogP contribution in [0.4, 0.5) is 5.69 Å². The molecule has 0 aliphatic rings. The predicted octanol–water partition coefficient (Wildman–Crippen LogP) is 2.96. The van der Waals surface area contributed by atoms with Gasteiger partial charge in [0.1, 0.15) is 0 Å². The second kappa shape index (κ2) is 7.94. The molecule has 110 valence electrons. The monoisotopic (exact) mass is 295 g/mol. The van der Waals surface area contributed by atoms with E-state index in [1.54, 1.807) is 6.92 Å². The fourth-order valence-corrected chi connectivity index (χ4v) is 2.50. The third kappa shape index (κ3) is 4.56. The van der Waals surface area contributed by atoms with Crippen LogP contribution in [-0.4, -0.2) is 28.0 Å². The summed E-state index contributed by atoms with van der Waals surface area (Å²) in [5.41, 5.74) is 3.09. The van der Waals surface area contributed by atoms with Gasteiger partial charge in [0, 0.05) is 5.69 Å². The molecule has 1 unspecified atom stereocenters. The second-order valence-corrected chi connectivity index (χ2v) is 5.82. The van der Waals surface area contributed by atoms with Crippen LogP contribution < -0.4 is 5.32 Å². The van der Waals surface area contributed by atoms with Gasteiger partial charge in [-0.25, -0.2) is 0 Å². The first-order valence-corrected chi connectivity index (χ1v) is 7.79. The van der Waals surface area contributed by atoms with Gasteiger partial charge in [-0.05, 0) is 30.9 Å². The molecule has 0 bridgehead atoms. The van der Waals surface area contributed by atoms with Gasteiger partial charge in [0.05, 0.1) is 11.0 Å². The van der Waals surface area contributed by atoms with Gasteiger partial charge in [-0.15, -0.1) is 11.8 Å². The van der Waals surface area contributed by atoms with Crippen LogP contribution in [-0.2, 0) is 22.4 Å². The van der Waals surface area contributed by atoms with Crippen LogP contribution in [0.3, 0.4) is 0 Å². The maximum absolute atomic E-state index is 12.1. The fraction of sp³-hybridized carbons (Fsp3) is 0.467. The SMILES string of the molecule is CCc1cccc(CC)c1NC(=O)C(C)SCC(=O)O. The van der Waals surface area contributed by atoms with Gasteiger partial charge < -0.3 is 10.4 Å². The van der Waals surface area contributed by atoms with Crippen LogP contribution in [0.5, 0.6) is 0 Å². The molecule has 20 heavy (non-hydrogen) atoms. The summed E-state index contributed by atoms with van der Waals surface area (Å²) in [6, 6.07) is 6.00. The van der Waals surface area contributed by atoms with Crippen molar-refractivity contribution in [2.75, 3.05) is 11.1 Å². The Bertz CT molecular complexity index is 466. The molecule has 0 saturated carbocycles. The van der Waals surface area contributed by atoms with Crippen molar-refractivity contribution < 1.29 is 14.7 Å². The minimum atomic E-state index is -0.905. The van der Waals surface area contributed by atoms with E-state index < -0.39 is 5.97 Å². The van der Waals surface area contributed by atoms with Gasteiger partial charge in [-0.3, -0.25) is 9.59 Å². The summed E-state index contributed by atoms with van der Waals surface area (Å²) in [6.07, 6.45) is 1.69. The van der Waals surface area contributed by atoms with Crippen molar-refractivity contribution in [1.82, 2.24) is 0 Å². The molecule has 1 aromatic carbocycles. The Hall–Kier alpha value is -1.49. The highest BCUT2D eigenvalue weighted by molar-refractivity contribution is 8.01. The van der Waals surface area contributed by atoms with Crippen molar-refractivity contribution in [3.8, 4) is 0 Å². The molecular formula is C15H21NO3S. The fourth-order valence-electron chi connectivity index (χ4n) is 1.90.